The second-order valence-electron chi connectivity index (χ2n) is 4.50. The highest BCUT2D eigenvalue weighted by Gasteiger charge is 2.05. The molecule has 1 aromatic carbocycles. The molecule has 3 aromatic rings. The number of rotatable bonds is 5. The summed E-state index contributed by atoms with van der Waals surface area (Å²) in [5, 5.41) is 7.66. The Kier molecular flexibility index (Phi) is 3.50. The Morgan fingerprint density at radius 3 is 2.85 bits per heavy atom. The summed E-state index contributed by atoms with van der Waals surface area (Å²) in [4.78, 5) is 4.00. The number of nitrogens with zero attached hydrogens (tertiary/aromatic N) is 4. The smallest absolute Gasteiger partial charge is 0.138 e. The topological polar surface area (TPSA) is 47.7 Å². The molecule has 0 unspecified atom stereocenters. The van der Waals surface area contributed by atoms with E-state index in [1.54, 1.807) is 17.3 Å². The van der Waals surface area contributed by atoms with Crippen molar-refractivity contribution in [2.24, 2.45) is 0 Å². The molecular weight excluding hydrogens is 250 g/mol. The van der Waals surface area contributed by atoms with Crippen LogP contribution in [-0.2, 0) is 13.1 Å². The molecule has 20 heavy (non-hydrogen) atoms. The van der Waals surface area contributed by atoms with Crippen LogP contribution in [0.25, 0.3) is 5.69 Å². The molecule has 0 amide bonds. The number of hydrogen-bond donors (Lipinski definition) is 1. The molecule has 1 N–H and O–H groups in total. The third-order valence-corrected chi connectivity index (χ3v) is 3.29. The predicted molar refractivity (Wildman–Crippen MR) is 78.8 cm³/mol. The predicted octanol–water partition coefficient (Wildman–Crippen LogP) is 2.70. The van der Waals surface area contributed by atoms with E-state index in [1.165, 1.54) is 5.69 Å². The molecule has 0 spiro atoms. The fourth-order valence-electron chi connectivity index (χ4n) is 2.26. The van der Waals surface area contributed by atoms with Crippen LogP contribution in [0.2, 0.25) is 0 Å². The van der Waals surface area contributed by atoms with Gasteiger partial charge >= 0.3 is 0 Å². The van der Waals surface area contributed by atoms with Crippen LogP contribution in [0.5, 0.6) is 0 Å². The van der Waals surface area contributed by atoms with E-state index in [-0.39, 0.29) is 0 Å². The minimum absolute atomic E-state index is 0.784. The molecule has 0 saturated carbocycles. The third kappa shape index (κ3) is 2.42. The van der Waals surface area contributed by atoms with Gasteiger partial charge in [0, 0.05) is 18.4 Å². The van der Waals surface area contributed by atoms with Gasteiger partial charge in [0.05, 0.1) is 17.9 Å². The normalized spacial score (nSPS) is 10.7. The van der Waals surface area contributed by atoms with E-state index in [2.05, 4.69) is 51.3 Å². The first-order valence-corrected chi connectivity index (χ1v) is 6.70. The second-order valence-corrected chi connectivity index (χ2v) is 4.50. The monoisotopic (exact) mass is 267 g/mol. The lowest BCUT2D eigenvalue weighted by Gasteiger charge is -2.12. The number of hydrogen-bond acceptors (Lipinski definition) is 3. The SMILES string of the molecule is CCn1cccc1CNc1ccccc1-n1cncn1. The van der Waals surface area contributed by atoms with Crippen molar-refractivity contribution in [2.75, 3.05) is 5.32 Å². The summed E-state index contributed by atoms with van der Waals surface area (Å²) in [5.74, 6) is 0. The summed E-state index contributed by atoms with van der Waals surface area (Å²) in [6.45, 7) is 3.91. The summed E-state index contributed by atoms with van der Waals surface area (Å²) < 4.78 is 3.99. The van der Waals surface area contributed by atoms with Gasteiger partial charge in [0.25, 0.3) is 0 Å². The van der Waals surface area contributed by atoms with Crippen LogP contribution < -0.4 is 5.32 Å². The Bertz CT molecular complexity index is 669. The van der Waals surface area contributed by atoms with Crippen LogP contribution in [0.1, 0.15) is 12.6 Å². The zero-order chi connectivity index (χ0) is 13.8. The number of anilines is 1. The highest BCUT2D eigenvalue weighted by atomic mass is 15.3. The fourth-order valence-corrected chi connectivity index (χ4v) is 2.26. The first-order valence-electron chi connectivity index (χ1n) is 6.70. The van der Waals surface area contributed by atoms with Crippen molar-refractivity contribution in [1.29, 1.82) is 0 Å². The maximum atomic E-state index is 4.19. The quantitative estimate of drug-likeness (QED) is 0.773. The second kappa shape index (κ2) is 5.61. The summed E-state index contributed by atoms with van der Waals surface area (Å²) in [5.41, 5.74) is 3.31. The molecule has 102 valence electrons. The molecule has 0 aliphatic carbocycles. The lowest BCUT2D eigenvalue weighted by molar-refractivity contribution is 0.723. The molecule has 5 nitrogen and oxygen atoms in total. The molecule has 0 aliphatic heterocycles. The molecule has 2 aromatic heterocycles. The van der Waals surface area contributed by atoms with E-state index in [0.29, 0.717) is 0 Å². The molecule has 0 atom stereocenters. The maximum Gasteiger partial charge on any atom is 0.138 e. The highest BCUT2D eigenvalue weighted by molar-refractivity contribution is 5.60. The van der Waals surface area contributed by atoms with Crippen molar-refractivity contribution in [1.82, 2.24) is 19.3 Å². The molecule has 0 aliphatic rings. The Morgan fingerprint density at radius 2 is 2.05 bits per heavy atom. The van der Waals surface area contributed by atoms with Gasteiger partial charge in [0.1, 0.15) is 12.7 Å². The number of benzene rings is 1. The van der Waals surface area contributed by atoms with Crippen molar-refractivity contribution in [3.8, 4) is 5.69 Å². The first kappa shape index (κ1) is 12.5. The number of aromatic nitrogens is 4. The zero-order valence-electron chi connectivity index (χ0n) is 11.4. The summed E-state index contributed by atoms with van der Waals surface area (Å²) in [6, 6.07) is 12.3. The van der Waals surface area contributed by atoms with Gasteiger partial charge < -0.3 is 9.88 Å². The third-order valence-electron chi connectivity index (χ3n) is 3.29. The van der Waals surface area contributed by atoms with Crippen LogP contribution in [0.3, 0.4) is 0 Å². The number of para-hydroxylation sites is 2. The van der Waals surface area contributed by atoms with E-state index in [0.717, 1.165) is 24.5 Å². The molecule has 5 heteroatoms. The van der Waals surface area contributed by atoms with Gasteiger partial charge in [-0.2, -0.15) is 5.10 Å². The standard InChI is InChI=1S/C15H17N5/c1-2-19-9-5-6-13(19)10-17-14-7-3-4-8-15(14)20-12-16-11-18-20/h3-9,11-12,17H,2,10H2,1H3. The molecule has 0 saturated heterocycles. The molecule has 2 heterocycles. The minimum Gasteiger partial charge on any atom is -0.378 e. The van der Waals surface area contributed by atoms with Gasteiger partial charge in [-0.3, -0.25) is 0 Å². The van der Waals surface area contributed by atoms with Gasteiger partial charge in [0.2, 0.25) is 0 Å². The van der Waals surface area contributed by atoms with Crippen molar-refractivity contribution in [3.63, 3.8) is 0 Å². The fraction of sp³-hybridized carbons (Fsp3) is 0.200. The van der Waals surface area contributed by atoms with Crippen molar-refractivity contribution in [3.05, 3.63) is 60.9 Å². The Hall–Kier alpha value is -2.56. The molecule has 3 rings (SSSR count). The average Bonchev–Trinajstić information content (AvgIpc) is 3.16. The van der Waals surface area contributed by atoms with E-state index in [9.17, 15) is 0 Å². The number of aryl methyl sites for hydroxylation is 1. The summed E-state index contributed by atoms with van der Waals surface area (Å²) in [6.07, 6.45) is 5.34. The first-order chi connectivity index (χ1) is 9.88. The summed E-state index contributed by atoms with van der Waals surface area (Å²) >= 11 is 0. The van der Waals surface area contributed by atoms with E-state index >= 15 is 0 Å². The van der Waals surface area contributed by atoms with Crippen LogP contribution >= 0.6 is 0 Å². The number of nitrogens with one attached hydrogen (secondary N) is 1. The lowest BCUT2D eigenvalue weighted by Crippen LogP contribution is -2.08. The van der Waals surface area contributed by atoms with Gasteiger partial charge in [-0.25, -0.2) is 9.67 Å². The zero-order valence-corrected chi connectivity index (χ0v) is 11.4. The minimum atomic E-state index is 0.784. The van der Waals surface area contributed by atoms with Crippen LogP contribution in [0.4, 0.5) is 5.69 Å². The Morgan fingerprint density at radius 1 is 1.15 bits per heavy atom. The maximum absolute atomic E-state index is 4.19. The van der Waals surface area contributed by atoms with E-state index in [4.69, 9.17) is 0 Å². The Balaban J connectivity index is 1.81. The molecule has 0 fully saturated rings. The largest absolute Gasteiger partial charge is 0.378 e. The van der Waals surface area contributed by atoms with E-state index < -0.39 is 0 Å². The van der Waals surface area contributed by atoms with Gasteiger partial charge in [-0.15, -0.1) is 0 Å². The van der Waals surface area contributed by atoms with Crippen LogP contribution in [-0.4, -0.2) is 19.3 Å². The van der Waals surface area contributed by atoms with Gasteiger partial charge in [-0.05, 0) is 31.2 Å². The highest BCUT2D eigenvalue weighted by Crippen LogP contribution is 2.19. The molecular formula is C15H17N5. The van der Waals surface area contributed by atoms with Crippen molar-refractivity contribution in [2.45, 2.75) is 20.0 Å². The van der Waals surface area contributed by atoms with Gasteiger partial charge in [-0.1, -0.05) is 12.1 Å². The van der Waals surface area contributed by atoms with Crippen LogP contribution in [0, 0.1) is 0 Å². The molecule has 0 bridgehead atoms. The molecule has 0 radical (unpaired) electrons. The van der Waals surface area contributed by atoms with Crippen molar-refractivity contribution < 1.29 is 0 Å². The van der Waals surface area contributed by atoms with Crippen LogP contribution in [0.15, 0.2) is 55.2 Å². The van der Waals surface area contributed by atoms with Crippen molar-refractivity contribution >= 4 is 5.69 Å². The lowest BCUT2D eigenvalue weighted by atomic mass is 10.2. The van der Waals surface area contributed by atoms with E-state index in [1.807, 2.05) is 18.2 Å². The average molecular weight is 267 g/mol. The summed E-state index contributed by atoms with van der Waals surface area (Å²) in [7, 11) is 0. The Labute approximate surface area is 117 Å². The van der Waals surface area contributed by atoms with Gasteiger partial charge in [0.15, 0.2) is 0 Å².